The van der Waals surface area contributed by atoms with E-state index in [1.54, 1.807) is 12.3 Å². The molecule has 1 unspecified atom stereocenters. The molecule has 0 bridgehead atoms. The maximum atomic E-state index is 11.3. The first-order chi connectivity index (χ1) is 9.97. The number of hydrogen-bond donors (Lipinski definition) is 1. The molecule has 1 aliphatic rings. The maximum absolute atomic E-state index is 11.3. The van der Waals surface area contributed by atoms with Crippen molar-refractivity contribution in [3.8, 4) is 0 Å². The number of nitrogens with zero attached hydrogens (tertiary/aromatic N) is 3. The van der Waals surface area contributed by atoms with Crippen LogP contribution in [-0.2, 0) is 0 Å². The van der Waals surface area contributed by atoms with Crippen molar-refractivity contribution < 1.29 is 4.92 Å². The largest absolute Gasteiger partial charge is 0.349 e. The average molecular weight is 292 g/mol. The Morgan fingerprint density at radius 1 is 1.57 bits per heavy atom. The molecule has 0 amide bonds. The van der Waals surface area contributed by atoms with Crippen LogP contribution < -0.4 is 10.2 Å². The van der Waals surface area contributed by atoms with Gasteiger partial charge in [0.2, 0.25) is 5.82 Å². The Hall–Kier alpha value is -1.69. The fourth-order valence-electron chi connectivity index (χ4n) is 2.79. The van der Waals surface area contributed by atoms with Crippen LogP contribution in [0.2, 0.25) is 0 Å². The highest BCUT2D eigenvalue weighted by Gasteiger charge is 2.25. The molecule has 2 heterocycles. The van der Waals surface area contributed by atoms with Gasteiger partial charge in [-0.2, -0.15) is 0 Å². The normalized spacial score (nSPS) is 18.2. The van der Waals surface area contributed by atoms with Crippen molar-refractivity contribution in [2.45, 2.75) is 39.7 Å². The molecule has 1 saturated heterocycles. The van der Waals surface area contributed by atoms with E-state index in [0.717, 1.165) is 31.6 Å². The molecule has 0 aliphatic carbocycles. The van der Waals surface area contributed by atoms with Crippen molar-refractivity contribution in [2.75, 3.05) is 24.5 Å². The van der Waals surface area contributed by atoms with E-state index in [2.05, 4.69) is 29.0 Å². The summed E-state index contributed by atoms with van der Waals surface area (Å²) in [5, 5.41) is 14.8. The van der Waals surface area contributed by atoms with Crippen molar-refractivity contribution in [1.82, 2.24) is 10.3 Å². The number of anilines is 1. The van der Waals surface area contributed by atoms with Gasteiger partial charge in [0, 0.05) is 31.4 Å². The molecule has 0 aromatic carbocycles. The van der Waals surface area contributed by atoms with Crippen LogP contribution in [0.25, 0.3) is 0 Å². The van der Waals surface area contributed by atoms with Crippen molar-refractivity contribution in [3.63, 3.8) is 0 Å². The summed E-state index contributed by atoms with van der Waals surface area (Å²) in [6.07, 6.45) is 4.00. The van der Waals surface area contributed by atoms with E-state index >= 15 is 0 Å². The van der Waals surface area contributed by atoms with Crippen LogP contribution in [0.5, 0.6) is 0 Å². The summed E-state index contributed by atoms with van der Waals surface area (Å²) in [5.41, 5.74) is 0.919. The number of hydrogen-bond acceptors (Lipinski definition) is 5. The lowest BCUT2D eigenvalue weighted by molar-refractivity contribution is -0.384. The van der Waals surface area contributed by atoms with E-state index in [9.17, 15) is 10.1 Å². The molecule has 6 heteroatoms. The minimum atomic E-state index is -0.329. The van der Waals surface area contributed by atoms with Crippen LogP contribution >= 0.6 is 0 Å². The second-order valence-corrected chi connectivity index (χ2v) is 6.20. The maximum Gasteiger partial charge on any atom is 0.311 e. The van der Waals surface area contributed by atoms with Gasteiger partial charge < -0.3 is 10.2 Å². The van der Waals surface area contributed by atoms with Gasteiger partial charge in [-0.15, -0.1) is 0 Å². The highest BCUT2D eigenvalue weighted by Crippen LogP contribution is 2.27. The molecular weight excluding hydrogens is 268 g/mol. The molecule has 1 aromatic heterocycles. The van der Waals surface area contributed by atoms with E-state index in [1.165, 1.54) is 6.42 Å². The van der Waals surface area contributed by atoms with Gasteiger partial charge >= 0.3 is 5.69 Å². The lowest BCUT2D eigenvalue weighted by Gasteiger charge is -2.28. The molecule has 1 atom stereocenters. The second-order valence-electron chi connectivity index (χ2n) is 6.20. The summed E-state index contributed by atoms with van der Waals surface area (Å²) in [6.45, 7) is 8.65. The third kappa shape index (κ3) is 4.14. The van der Waals surface area contributed by atoms with E-state index in [0.29, 0.717) is 17.8 Å². The lowest BCUT2D eigenvalue weighted by Crippen LogP contribution is -2.40. The van der Waals surface area contributed by atoms with Gasteiger partial charge in [-0.3, -0.25) is 10.1 Å². The number of pyridine rings is 1. The summed E-state index contributed by atoms with van der Waals surface area (Å²) in [6, 6.07) is 2.00. The molecule has 1 aliphatic heterocycles. The lowest BCUT2D eigenvalue weighted by atomic mass is 10.1. The summed E-state index contributed by atoms with van der Waals surface area (Å²) < 4.78 is 0. The first-order valence-corrected chi connectivity index (χ1v) is 7.56. The van der Waals surface area contributed by atoms with Crippen LogP contribution in [0.1, 0.15) is 32.3 Å². The molecule has 1 fully saturated rings. The predicted octanol–water partition coefficient (Wildman–Crippen LogP) is 2.51. The first kappa shape index (κ1) is 15.7. The second kappa shape index (κ2) is 6.85. The van der Waals surface area contributed by atoms with Crippen molar-refractivity contribution in [1.29, 1.82) is 0 Å². The summed E-state index contributed by atoms with van der Waals surface area (Å²) in [5.74, 6) is 0.919. The molecule has 1 aromatic rings. The van der Waals surface area contributed by atoms with Crippen LogP contribution in [0.4, 0.5) is 11.5 Å². The van der Waals surface area contributed by atoms with Gasteiger partial charge in [0.05, 0.1) is 4.92 Å². The zero-order valence-electron chi connectivity index (χ0n) is 13.0. The summed E-state index contributed by atoms with van der Waals surface area (Å²) >= 11 is 0. The number of aromatic nitrogens is 1. The van der Waals surface area contributed by atoms with Gasteiger partial charge in [0.1, 0.15) is 0 Å². The third-order valence-electron chi connectivity index (χ3n) is 3.67. The molecule has 0 saturated carbocycles. The topological polar surface area (TPSA) is 71.3 Å². The van der Waals surface area contributed by atoms with E-state index in [-0.39, 0.29) is 10.6 Å². The van der Waals surface area contributed by atoms with E-state index in [1.807, 2.05) is 6.92 Å². The Kier molecular flexibility index (Phi) is 5.12. The molecule has 0 spiro atoms. The fraction of sp³-hybridized carbons (Fsp3) is 0.667. The van der Waals surface area contributed by atoms with Crippen LogP contribution in [0.3, 0.4) is 0 Å². The minimum absolute atomic E-state index is 0.105. The number of aryl methyl sites for hydroxylation is 1. The van der Waals surface area contributed by atoms with Crippen LogP contribution in [-0.4, -0.2) is 35.6 Å². The Morgan fingerprint density at radius 2 is 2.33 bits per heavy atom. The highest BCUT2D eigenvalue weighted by molar-refractivity contribution is 5.58. The SMILES string of the molecule is Cc1cnc(N(CC(C)C)CC2CCCN2)c([N+](=O)[O-])c1. The first-order valence-electron chi connectivity index (χ1n) is 7.56. The minimum Gasteiger partial charge on any atom is -0.349 e. The van der Waals surface area contributed by atoms with E-state index in [4.69, 9.17) is 0 Å². The Bertz CT molecular complexity index is 498. The van der Waals surface area contributed by atoms with Crippen LogP contribution in [0.15, 0.2) is 12.3 Å². The molecular formula is C15H24N4O2. The standard InChI is InChI=1S/C15H24N4O2/c1-11(2)9-18(10-13-5-4-6-16-13)15-14(19(20)21)7-12(3)8-17-15/h7-8,11,13,16H,4-6,9-10H2,1-3H3. The number of nitrogens with one attached hydrogen (secondary N) is 1. The number of rotatable bonds is 6. The van der Waals surface area contributed by atoms with Crippen molar-refractivity contribution in [3.05, 3.63) is 27.9 Å². The van der Waals surface area contributed by atoms with E-state index < -0.39 is 0 Å². The Labute approximate surface area is 125 Å². The van der Waals surface area contributed by atoms with Gasteiger partial charge in [-0.05, 0) is 37.8 Å². The van der Waals surface area contributed by atoms with Gasteiger partial charge in [0.25, 0.3) is 0 Å². The average Bonchev–Trinajstić information content (AvgIpc) is 2.90. The highest BCUT2D eigenvalue weighted by atomic mass is 16.6. The third-order valence-corrected chi connectivity index (χ3v) is 3.67. The fourth-order valence-corrected chi connectivity index (χ4v) is 2.79. The van der Waals surface area contributed by atoms with Crippen LogP contribution in [0, 0.1) is 23.0 Å². The molecule has 21 heavy (non-hydrogen) atoms. The predicted molar refractivity (Wildman–Crippen MR) is 83.7 cm³/mol. The Morgan fingerprint density at radius 3 is 2.90 bits per heavy atom. The monoisotopic (exact) mass is 292 g/mol. The van der Waals surface area contributed by atoms with Gasteiger partial charge in [0.15, 0.2) is 0 Å². The molecule has 1 N–H and O–H groups in total. The zero-order chi connectivity index (χ0) is 15.4. The number of nitro groups is 1. The smallest absolute Gasteiger partial charge is 0.311 e. The van der Waals surface area contributed by atoms with Gasteiger partial charge in [-0.1, -0.05) is 13.8 Å². The molecule has 6 nitrogen and oxygen atoms in total. The van der Waals surface area contributed by atoms with Gasteiger partial charge in [-0.25, -0.2) is 4.98 Å². The quantitative estimate of drug-likeness (QED) is 0.644. The summed E-state index contributed by atoms with van der Waals surface area (Å²) in [7, 11) is 0. The molecule has 0 radical (unpaired) electrons. The molecule has 2 rings (SSSR count). The van der Waals surface area contributed by atoms with Crippen molar-refractivity contribution >= 4 is 11.5 Å². The Balaban J connectivity index is 2.28. The molecule has 116 valence electrons. The van der Waals surface area contributed by atoms with Crippen molar-refractivity contribution in [2.24, 2.45) is 5.92 Å². The summed E-state index contributed by atoms with van der Waals surface area (Å²) in [4.78, 5) is 17.4. The zero-order valence-corrected chi connectivity index (χ0v) is 13.0.